The van der Waals surface area contributed by atoms with Crippen LogP contribution in [0.2, 0.25) is 5.15 Å². The molecule has 0 fully saturated rings. The molecule has 0 aliphatic heterocycles. The largest absolute Gasteiger partial charge is 0.506 e. The van der Waals surface area contributed by atoms with Crippen LogP contribution in [-0.4, -0.2) is 16.4 Å². The van der Waals surface area contributed by atoms with E-state index in [2.05, 4.69) is 10.3 Å². The molecular formula is C12H9ClN2O2. The molecule has 1 aromatic carbocycles. The van der Waals surface area contributed by atoms with E-state index in [1.165, 1.54) is 12.3 Å². The molecule has 17 heavy (non-hydrogen) atoms. The lowest BCUT2D eigenvalue weighted by Crippen LogP contribution is -1.96. The number of para-hydroxylation sites is 2. The third-order valence-electron chi connectivity index (χ3n) is 2.20. The first-order valence-electron chi connectivity index (χ1n) is 4.86. The number of nitrogens with zero attached hydrogens (tertiary/aromatic N) is 1. The molecule has 4 nitrogen and oxygen atoms in total. The number of rotatable bonds is 3. The molecular weight excluding hydrogens is 240 g/mol. The Morgan fingerprint density at radius 1 is 1.29 bits per heavy atom. The zero-order chi connectivity index (χ0) is 12.3. The average molecular weight is 249 g/mol. The molecule has 0 atom stereocenters. The van der Waals surface area contributed by atoms with Crippen molar-refractivity contribution in [1.29, 1.82) is 0 Å². The number of carbonyl (C=O) groups is 1. The SMILES string of the molecule is O=Cc1cnc(Cl)cc1Nc1ccccc1O. The zero-order valence-electron chi connectivity index (χ0n) is 8.72. The van der Waals surface area contributed by atoms with E-state index >= 15 is 0 Å². The van der Waals surface area contributed by atoms with Crippen molar-refractivity contribution in [3.05, 3.63) is 47.2 Å². The Bertz CT molecular complexity index is 558. The topological polar surface area (TPSA) is 62.2 Å². The molecule has 2 rings (SSSR count). The second kappa shape index (κ2) is 4.84. The fourth-order valence-corrected chi connectivity index (χ4v) is 1.52. The third-order valence-corrected chi connectivity index (χ3v) is 2.41. The zero-order valence-corrected chi connectivity index (χ0v) is 9.48. The van der Waals surface area contributed by atoms with Gasteiger partial charge in [-0.2, -0.15) is 0 Å². The van der Waals surface area contributed by atoms with Crippen LogP contribution in [0.25, 0.3) is 0 Å². The minimum Gasteiger partial charge on any atom is -0.506 e. The van der Waals surface area contributed by atoms with E-state index in [-0.39, 0.29) is 10.9 Å². The minimum atomic E-state index is 0.0947. The van der Waals surface area contributed by atoms with Gasteiger partial charge in [0.1, 0.15) is 10.9 Å². The van der Waals surface area contributed by atoms with Crippen molar-refractivity contribution in [2.24, 2.45) is 0 Å². The van der Waals surface area contributed by atoms with E-state index in [4.69, 9.17) is 11.6 Å². The Balaban J connectivity index is 2.39. The molecule has 0 aliphatic rings. The minimum absolute atomic E-state index is 0.0947. The summed E-state index contributed by atoms with van der Waals surface area (Å²) in [6.45, 7) is 0. The van der Waals surface area contributed by atoms with Gasteiger partial charge in [-0.25, -0.2) is 4.98 Å². The predicted octanol–water partition coefficient (Wildman–Crippen LogP) is 3.00. The van der Waals surface area contributed by atoms with Crippen molar-refractivity contribution in [3.63, 3.8) is 0 Å². The van der Waals surface area contributed by atoms with Gasteiger partial charge in [0, 0.05) is 6.20 Å². The van der Waals surface area contributed by atoms with Crippen molar-refractivity contribution in [1.82, 2.24) is 4.98 Å². The number of nitrogens with one attached hydrogen (secondary N) is 1. The van der Waals surface area contributed by atoms with Crippen LogP contribution in [0.5, 0.6) is 5.75 Å². The summed E-state index contributed by atoms with van der Waals surface area (Å²) < 4.78 is 0. The highest BCUT2D eigenvalue weighted by atomic mass is 35.5. The molecule has 0 amide bonds. The van der Waals surface area contributed by atoms with Crippen LogP contribution < -0.4 is 5.32 Å². The normalized spacial score (nSPS) is 9.94. The van der Waals surface area contributed by atoms with E-state index in [0.29, 0.717) is 23.2 Å². The summed E-state index contributed by atoms with van der Waals surface area (Å²) in [6, 6.07) is 8.24. The Morgan fingerprint density at radius 2 is 2.06 bits per heavy atom. The van der Waals surface area contributed by atoms with Gasteiger partial charge in [-0.05, 0) is 18.2 Å². The van der Waals surface area contributed by atoms with Gasteiger partial charge in [-0.3, -0.25) is 4.79 Å². The van der Waals surface area contributed by atoms with Crippen LogP contribution >= 0.6 is 11.6 Å². The van der Waals surface area contributed by atoms with Gasteiger partial charge >= 0.3 is 0 Å². The van der Waals surface area contributed by atoms with Crippen LogP contribution in [0.4, 0.5) is 11.4 Å². The molecule has 2 aromatic rings. The molecule has 0 radical (unpaired) electrons. The maximum Gasteiger partial charge on any atom is 0.153 e. The second-order valence-electron chi connectivity index (χ2n) is 3.35. The van der Waals surface area contributed by atoms with Crippen LogP contribution in [0.3, 0.4) is 0 Å². The van der Waals surface area contributed by atoms with Gasteiger partial charge in [0.05, 0.1) is 16.9 Å². The van der Waals surface area contributed by atoms with Crippen LogP contribution in [0, 0.1) is 0 Å². The Hall–Kier alpha value is -2.07. The highest BCUT2D eigenvalue weighted by Crippen LogP contribution is 2.28. The first-order valence-corrected chi connectivity index (χ1v) is 5.24. The molecule has 0 unspecified atom stereocenters. The molecule has 1 heterocycles. The second-order valence-corrected chi connectivity index (χ2v) is 3.74. The lowest BCUT2D eigenvalue weighted by molar-refractivity contribution is 0.112. The van der Waals surface area contributed by atoms with Crippen LogP contribution in [0.1, 0.15) is 10.4 Å². The molecule has 0 spiro atoms. The predicted molar refractivity (Wildman–Crippen MR) is 66.0 cm³/mol. The number of phenols is 1. The summed E-state index contributed by atoms with van der Waals surface area (Å²) in [6.07, 6.45) is 2.04. The summed E-state index contributed by atoms with van der Waals surface area (Å²) in [7, 11) is 0. The number of halogens is 1. The number of pyridine rings is 1. The summed E-state index contributed by atoms with van der Waals surface area (Å²) in [4.78, 5) is 14.6. The number of aromatic hydroxyl groups is 1. The summed E-state index contributed by atoms with van der Waals surface area (Å²) >= 11 is 5.75. The van der Waals surface area contributed by atoms with Crippen molar-refractivity contribution < 1.29 is 9.90 Å². The van der Waals surface area contributed by atoms with E-state index in [0.717, 1.165) is 0 Å². The highest BCUT2D eigenvalue weighted by Gasteiger charge is 2.06. The van der Waals surface area contributed by atoms with Crippen molar-refractivity contribution >= 4 is 29.3 Å². The van der Waals surface area contributed by atoms with Gasteiger partial charge in [0.15, 0.2) is 6.29 Å². The fraction of sp³-hybridized carbons (Fsp3) is 0. The number of aromatic nitrogens is 1. The Labute approximate surface area is 103 Å². The Morgan fingerprint density at radius 3 is 2.76 bits per heavy atom. The van der Waals surface area contributed by atoms with E-state index < -0.39 is 0 Å². The number of anilines is 2. The average Bonchev–Trinajstić information content (AvgIpc) is 2.32. The molecule has 0 saturated heterocycles. The summed E-state index contributed by atoms with van der Waals surface area (Å²) in [5.74, 6) is 0.0947. The van der Waals surface area contributed by atoms with E-state index in [1.807, 2.05) is 0 Å². The standard InChI is InChI=1S/C12H9ClN2O2/c13-12-5-10(8(7-16)6-14-12)15-9-3-1-2-4-11(9)17/h1-7,17H,(H,14,15). The summed E-state index contributed by atoms with van der Waals surface area (Å²) in [5.41, 5.74) is 1.37. The maximum absolute atomic E-state index is 10.8. The molecule has 2 N–H and O–H groups in total. The Kier molecular flexibility index (Phi) is 3.25. The fourth-order valence-electron chi connectivity index (χ4n) is 1.37. The van der Waals surface area contributed by atoms with Gasteiger partial charge < -0.3 is 10.4 Å². The monoisotopic (exact) mass is 248 g/mol. The number of phenolic OH excluding ortho intramolecular Hbond substituents is 1. The number of hydrogen-bond donors (Lipinski definition) is 2. The van der Waals surface area contributed by atoms with E-state index in [1.54, 1.807) is 24.3 Å². The first-order chi connectivity index (χ1) is 8.20. The number of hydrogen-bond acceptors (Lipinski definition) is 4. The number of aldehydes is 1. The van der Waals surface area contributed by atoms with Gasteiger partial charge in [0.25, 0.3) is 0 Å². The van der Waals surface area contributed by atoms with Crippen molar-refractivity contribution in [2.75, 3.05) is 5.32 Å². The van der Waals surface area contributed by atoms with Crippen molar-refractivity contribution in [2.45, 2.75) is 0 Å². The smallest absolute Gasteiger partial charge is 0.153 e. The van der Waals surface area contributed by atoms with Crippen molar-refractivity contribution in [3.8, 4) is 5.75 Å². The molecule has 0 aliphatic carbocycles. The third kappa shape index (κ3) is 2.54. The van der Waals surface area contributed by atoms with Crippen LogP contribution in [-0.2, 0) is 0 Å². The molecule has 86 valence electrons. The van der Waals surface area contributed by atoms with Gasteiger partial charge in [-0.1, -0.05) is 23.7 Å². The first kappa shape index (κ1) is 11.4. The van der Waals surface area contributed by atoms with E-state index in [9.17, 15) is 9.90 Å². The van der Waals surface area contributed by atoms with Gasteiger partial charge in [0.2, 0.25) is 0 Å². The lowest BCUT2D eigenvalue weighted by Gasteiger charge is -2.10. The van der Waals surface area contributed by atoms with Crippen LogP contribution in [0.15, 0.2) is 36.5 Å². The summed E-state index contributed by atoms with van der Waals surface area (Å²) in [5, 5.41) is 12.8. The molecule has 0 bridgehead atoms. The lowest BCUT2D eigenvalue weighted by atomic mass is 10.2. The quantitative estimate of drug-likeness (QED) is 0.498. The molecule has 1 aromatic heterocycles. The molecule has 0 saturated carbocycles. The number of carbonyl (C=O) groups excluding carboxylic acids is 1. The maximum atomic E-state index is 10.8. The van der Waals surface area contributed by atoms with Gasteiger partial charge in [-0.15, -0.1) is 0 Å². The molecule has 5 heteroatoms. The highest BCUT2D eigenvalue weighted by molar-refractivity contribution is 6.29. The number of benzene rings is 1.